The number of carbonyl (C=O) groups is 5. The number of aliphatic imine (C=N–C) groups is 3. The van der Waals surface area contributed by atoms with Crippen LogP contribution in [0.4, 0.5) is 0 Å². The first-order chi connectivity index (χ1) is 44.2. The van der Waals surface area contributed by atoms with Gasteiger partial charge in [0, 0.05) is 120 Å². The number of rotatable bonds is 22. The highest BCUT2D eigenvalue weighted by Crippen LogP contribution is 2.47. The number of Topliss-reactive ketones (excluding diaryl/α,β-unsaturated/α-hetero) is 1. The molecular formula is C73H117N9O11S. The minimum atomic E-state index is -0.816. The Morgan fingerprint density at radius 2 is 1.21 bits per heavy atom. The number of nitrogens with two attached hydrogens (primary N) is 1. The van der Waals surface area contributed by atoms with Crippen molar-refractivity contribution < 1.29 is 54.5 Å². The Morgan fingerprint density at radius 1 is 0.713 bits per heavy atom. The molecule has 2 fully saturated rings. The fraction of sp³-hybridized carbons (Fsp3) is 0.671. The van der Waals surface area contributed by atoms with Crippen LogP contribution in [0.15, 0.2) is 106 Å². The molecule has 6 heterocycles. The van der Waals surface area contributed by atoms with Crippen molar-refractivity contribution in [3.63, 3.8) is 0 Å². The summed E-state index contributed by atoms with van der Waals surface area (Å²) in [7, 11) is 0. The Kier molecular flexibility index (Phi) is 31.1. The van der Waals surface area contributed by atoms with Gasteiger partial charge in [-0.1, -0.05) is 47.5 Å². The van der Waals surface area contributed by atoms with E-state index in [1.807, 2.05) is 96.3 Å². The van der Waals surface area contributed by atoms with Gasteiger partial charge in [0.15, 0.2) is 0 Å². The molecule has 526 valence electrons. The second-order valence-corrected chi connectivity index (χ2v) is 28.7. The van der Waals surface area contributed by atoms with Gasteiger partial charge in [-0.3, -0.25) is 43.6 Å². The van der Waals surface area contributed by atoms with E-state index < -0.39 is 22.8 Å². The predicted octanol–water partition coefficient (Wildman–Crippen LogP) is 11.7. The van der Waals surface area contributed by atoms with E-state index >= 15 is 0 Å². The van der Waals surface area contributed by atoms with Crippen LogP contribution < -0.4 is 11.1 Å². The molecule has 0 amide bonds. The normalized spacial score (nSPS) is 20.6. The summed E-state index contributed by atoms with van der Waals surface area (Å²) >= 11 is 1.52. The number of aliphatic carboxylic acids is 1. The Morgan fingerprint density at radius 3 is 1.68 bits per heavy atom. The number of carboxylic acids is 1. The van der Waals surface area contributed by atoms with E-state index in [1.165, 1.54) is 30.2 Å². The van der Waals surface area contributed by atoms with Crippen LogP contribution in [0.2, 0.25) is 0 Å². The number of ether oxygens (including phenoxy) is 4. The van der Waals surface area contributed by atoms with Crippen LogP contribution in [-0.2, 0) is 42.9 Å². The number of hydrogen-bond acceptors (Lipinski definition) is 20. The molecule has 8 bridgehead atoms. The number of nitrogens with one attached hydrogen (secondary N) is 1. The first kappa shape index (κ1) is 78.9. The third-order valence-corrected chi connectivity index (χ3v) is 16.8. The fourth-order valence-corrected chi connectivity index (χ4v) is 12.3. The molecule has 21 heteroatoms. The highest BCUT2D eigenvalue weighted by molar-refractivity contribution is 7.97. The van der Waals surface area contributed by atoms with Gasteiger partial charge in [-0.05, 0) is 175 Å². The maximum atomic E-state index is 12.8. The summed E-state index contributed by atoms with van der Waals surface area (Å²) in [4.78, 5) is 86.3. The van der Waals surface area contributed by atoms with Crippen molar-refractivity contribution in [2.45, 2.75) is 205 Å². The number of carbonyl (C=O) groups excluding carboxylic acids is 4. The van der Waals surface area contributed by atoms with Crippen LogP contribution in [0.25, 0.3) is 0 Å². The first-order valence-corrected chi connectivity index (χ1v) is 34.9. The van der Waals surface area contributed by atoms with E-state index in [9.17, 15) is 34.2 Å². The number of ketones is 1. The number of aliphatic hydroxyl groups excluding tert-OH is 1. The Bertz CT molecular complexity index is 3050. The Hall–Kier alpha value is -5.81. The monoisotopic (exact) mass is 1330 g/mol. The molecule has 7 aliphatic rings. The number of esters is 3. The van der Waals surface area contributed by atoms with Gasteiger partial charge in [-0.25, -0.2) is 15.0 Å². The number of fused-ring (bicyclic) bond motifs is 5. The van der Waals surface area contributed by atoms with Crippen LogP contribution in [0, 0.1) is 11.8 Å². The molecule has 6 aliphatic heterocycles. The number of unbranched alkanes of at least 4 members (excludes halogenated alkanes) is 3. The maximum absolute atomic E-state index is 12.8. The highest BCUT2D eigenvalue weighted by atomic mass is 32.2. The van der Waals surface area contributed by atoms with Crippen LogP contribution in [0.1, 0.15) is 184 Å². The van der Waals surface area contributed by atoms with Gasteiger partial charge in [0.05, 0.1) is 66.5 Å². The van der Waals surface area contributed by atoms with Crippen molar-refractivity contribution in [3.8, 4) is 0 Å². The van der Waals surface area contributed by atoms with Crippen molar-refractivity contribution in [2.24, 2.45) is 32.5 Å². The summed E-state index contributed by atoms with van der Waals surface area (Å²) in [6, 6.07) is 0. The molecule has 0 aromatic heterocycles. The number of carboxylic acid groups (broad SMARTS) is 1. The molecule has 7 rings (SSSR count). The lowest BCUT2D eigenvalue weighted by Gasteiger charge is -2.34. The lowest BCUT2D eigenvalue weighted by molar-refractivity contribution is -0.158. The summed E-state index contributed by atoms with van der Waals surface area (Å²) in [5, 5.41) is 24.6. The molecule has 0 aromatic carbocycles. The first-order valence-electron chi connectivity index (χ1n) is 34.3. The van der Waals surface area contributed by atoms with Gasteiger partial charge in [0.25, 0.3) is 0 Å². The average Bonchev–Trinajstić information content (AvgIpc) is 1.59. The minimum absolute atomic E-state index is 0. The van der Waals surface area contributed by atoms with E-state index in [0.717, 1.165) is 98.3 Å². The van der Waals surface area contributed by atoms with Gasteiger partial charge in [-0.2, -0.15) is 11.8 Å². The lowest BCUT2D eigenvalue weighted by atomic mass is 9.86. The van der Waals surface area contributed by atoms with Crippen LogP contribution in [0.5, 0.6) is 0 Å². The number of allylic oxidation sites excluding steroid dienone is 11. The molecular weight excluding hydrogens is 1210 g/mol. The third-order valence-electron chi connectivity index (χ3n) is 16.8. The summed E-state index contributed by atoms with van der Waals surface area (Å²) in [5.41, 5.74) is 17.9. The molecule has 2 unspecified atom stereocenters. The maximum Gasteiger partial charge on any atom is 0.320 e. The molecule has 94 heavy (non-hydrogen) atoms. The zero-order valence-electron chi connectivity index (χ0n) is 60.3. The number of aliphatic hydroxyl groups is 1. The van der Waals surface area contributed by atoms with E-state index in [4.69, 9.17) is 41.0 Å². The molecule has 2 saturated heterocycles. The van der Waals surface area contributed by atoms with E-state index in [1.54, 1.807) is 0 Å². The van der Waals surface area contributed by atoms with Gasteiger partial charge in [0.2, 0.25) is 0 Å². The quantitative estimate of drug-likeness (QED) is 0.0447. The van der Waals surface area contributed by atoms with E-state index in [0.29, 0.717) is 103 Å². The molecule has 1 aliphatic carbocycles. The molecule has 3 atom stereocenters. The zero-order valence-corrected chi connectivity index (χ0v) is 60.1. The molecule has 0 spiro atoms. The predicted molar refractivity (Wildman–Crippen MR) is 381 cm³/mol. The average molecular weight is 1330 g/mol. The Labute approximate surface area is 568 Å². The molecule has 5 N–H and O–H groups in total. The zero-order chi connectivity index (χ0) is 69.8. The second-order valence-electron chi connectivity index (χ2n) is 28.1. The highest BCUT2D eigenvalue weighted by Gasteiger charge is 2.42. The number of thioether (sulfide) groups is 1. The molecule has 0 saturated carbocycles. The SMILES string of the molecule is C.CC(C)(C)OC(=O)CN1CCN(CC(=O)CCCN)CCN(CC(=O)OC(C)(C)C)CCN(CC(=O)OC(C)(C)C)CC1.CCCCCCOC(C)C1=C(C)C2=NC1=CC1=NC(=CC3=C(C)C4=C(O)CC(=C5NC(=C2)C(C)[C@@H]5CCC(=O)O)C4=N3)C(CC)=C1C.[2H]CSC. The topological polar surface area (TPSA) is 251 Å². The van der Waals surface area contributed by atoms with Crippen LogP contribution in [-0.4, -0.2) is 204 Å². The summed E-state index contributed by atoms with van der Waals surface area (Å²) in [6.45, 7) is 37.2. The van der Waals surface area contributed by atoms with Gasteiger partial charge in [0.1, 0.15) is 28.3 Å². The van der Waals surface area contributed by atoms with E-state index in [2.05, 4.69) is 63.9 Å². The largest absolute Gasteiger partial charge is 0.511 e. The third kappa shape index (κ3) is 24.7. The Balaban J connectivity index is 0.000000381. The van der Waals surface area contributed by atoms with Crippen molar-refractivity contribution in [1.82, 2.24) is 24.9 Å². The lowest BCUT2D eigenvalue weighted by Crippen LogP contribution is -2.50. The number of nitrogens with zero attached hydrogens (tertiary/aromatic N) is 7. The van der Waals surface area contributed by atoms with Crippen molar-refractivity contribution >= 4 is 58.6 Å². The van der Waals surface area contributed by atoms with Crippen LogP contribution in [0.3, 0.4) is 0 Å². The fourth-order valence-electron chi connectivity index (χ4n) is 12.3. The van der Waals surface area contributed by atoms with Crippen LogP contribution >= 0.6 is 11.8 Å². The van der Waals surface area contributed by atoms with Gasteiger partial charge >= 0.3 is 23.9 Å². The smallest absolute Gasteiger partial charge is 0.320 e. The van der Waals surface area contributed by atoms with E-state index in [-0.39, 0.29) is 81.7 Å². The van der Waals surface area contributed by atoms with Crippen molar-refractivity contribution in [2.75, 3.05) is 104 Å². The second kappa shape index (κ2) is 37.1. The molecule has 0 aromatic rings. The van der Waals surface area contributed by atoms with Gasteiger partial charge < -0.3 is 40.2 Å². The van der Waals surface area contributed by atoms with Crippen molar-refractivity contribution in [3.05, 3.63) is 91.5 Å². The molecule has 0 radical (unpaired) electrons. The molecule has 20 nitrogen and oxygen atoms in total. The van der Waals surface area contributed by atoms with Crippen molar-refractivity contribution in [1.29, 1.82) is 0 Å². The summed E-state index contributed by atoms with van der Waals surface area (Å²) in [5.74, 6) is -1.43. The van der Waals surface area contributed by atoms with Gasteiger partial charge in [-0.15, -0.1) is 0 Å². The standard InChI is InChI=1S/C39H48N4O4.C31H59N5O7.C2H6S.CH4/c1-8-10-11-12-15-47-24(7)36-22(5)30-17-29-21(4)26(13-14-35(45)46)38(42-29)27-16-34(44)37-23(6)31(43-39(27)37)18-32-25(9-2)20(3)28(40-32)19-33(36)41-30;1-29(2,3)41-26(38)22-34-15-13-33(21-25(37)11-10-12-32)14-16-35(23-27(39)42-30(4,5)6)18-20-36(19-17-34)24-28(40)43-31(7,8)9;1-3-2;/h17-19,21,24,26,42,44H,8-16H2,1-7H3,(H,45,46);10-24,32H2,1-9H3;1-2H3;1H4/t21?,24?,26-;;;/m0.../s1/i;;1D;. The number of hydrogen-bond donors (Lipinski definition) is 4. The minimum Gasteiger partial charge on any atom is -0.511 e. The summed E-state index contributed by atoms with van der Waals surface area (Å²) in [6.07, 6.45) is 15.9. The summed E-state index contributed by atoms with van der Waals surface area (Å²) < 4.78 is 29.6.